The molecule has 0 radical (unpaired) electrons. The minimum absolute atomic E-state index is 0.254. The molecule has 2 rings (SSSR count). The van der Waals surface area contributed by atoms with E-state index in [1.54, 1.807) is 44.6 Å². The fraction of sp³-hybridized carbons (Fsp3) is 0.316. The van der Waals surface area contributed by atoms with Crippen LogP contribution in [0.15, 0.2) is 42.5 Å². The standard InChI is InChI=1S/C19H24N2O5S/c1-13(15-8-11-17(25-3)18(12-15)26-4)20-19(22)14-6-9-16(10-7-14)21(2)27(5,23)24/h6-13H,1-5H3,(H,20,22)/t13-/m1/s1. The van der Waals surface area contributed by atoms with Crippen LogP contribution < -0.4 is 19.1 Å². The van der Waals surface area contributed by atoms with Gasteiger partial charge in [0.05, 0.1) is 32.2 Å². The molecule has 0 unspecified atom stereocenters. The predicted molar refractivity (Wildman–Crippen MR) is 105 cm³/mol. The third kappa shape index (κ3) is 4.91. The summed E-state index contributed by atoms with van der Waals surface area (Å²) < 4.78 is 34.8. The van der Waals surface area contributed by atoms with E-state index in [0.717, 1.165) is 16.1 Å². The highest BCUT2D eigenvalue weighted by molar-refractivity contribution is 7.92. The molecule has 0 aliphatic heterocycles. The number of hydrogen-bond donors (Lipinski definition) is 1. The van der Waals surface area contributed by atoms with E-state index >= 15 is 0 Å². The summed E-state index contributed by atoms with van der Waals surface area (Å²) in [4.78, 5) is 12.5. The number of carbonyl (C=O) groups excluding carboxylic acids is 1. The maximum Gasteiger partial charge on any atom is 0.251 e. The number of sulfonamides is 1. The molecule has 8 heteroatoms. The van der Waals surface area contributed by atoms with Gasteiger partial charge in [-0.05, 0) is 48.9 Å². The maximum absolute atomic E-state index is 12.5. The van der Waals surface area contributed by atoms with Crippen molar-refractivity contribution < 1.29 is 22.7 Å². The van der Waals surface area contributed by atoms with Crippen molar-refractivity contribution >= 4 is 21.6 Å². The van der Waals surface area contributed by atoms with Gasteiger partial charge in [0.15, 0.2) is 11.5 Å². The van der Waals surface area contributed by atoms with Gasteiger partial charge in [0, 0.05) is 12.6 Å². The van der Waals surface area contributed by atoms with E-state index in [1.165, 1.54) is 7.05 Å². The Morgan fingerprint density at radius 1 is 1.04 bits per heavy atom. The summed E-state index contributed by atoms with van der Waals surface area (Å²) >= 11 is 0. The number of hydrogen-bond acceptors (Lipinski definition) is 5. The first-order valence-electron chi connectivity index (χ1n) is 8.24. The molecule has 0 saturated carbocycles. The van der Waals surface area contributed by atoms with E-state index in [1.807, 2.05) is 19.1 Å². The zero-order valence-corrected chi connectivity index (χ0v) is 16.8. The third-order valence-electron chi connectivity index (χ3n) is 4.25. The van der Waals surface area contributed by atoms with Crippen molar-refractivity contribution in [1.82, 2.24) is 5.32 Å². The minimum atomic E-state index is -3.35. The molecule has 0 aliphatic rings. The van der Waals surface area contributed by atoms with Crippen molar-refractivity contribution in [3.05, 3.63) is 53.6 Å². The van der Waals surface area contributed by atoms with Gasteiger partial charge >= 0.3 is 0 Å². The Kier molecular flexibility index (Phi) is 6.32. The molecule has 1 amide bonds. The molecular weight excluding hydrogens is 368 g/mol. The topological polar surface area (TPSA) is 84.9 Å². The minimum Gasteiger partial charge on any atom is -0.493 e. The molecule has 0 aliphatic carbocycles. The maximum atomic E-state index is 12.5. The summed E-state index contributed by atoms with van der Waals surface area (Å²) in [6, 6.07) is 11.6. The van der Waals surface area contributed by atoms with Crippen molar-refractivity contribution in [1.29, 1.82) is 0 Å². The smallest absolute Gasteiger partial charge is 0.251 e. The van der Waals surface area contributed by atoms with E-state index in [-0.39, 0.29) is 11.9 Å². The van der Waals surface area contributed by atoms with Crippen LogP contribution in [0.25, 0.3) is 0 Å². The first-order chi connectivity index (χ1) is 12.7. The van der Waals surface area contributed by atoms with Gasteiger partial charge in [0.2, 0.25) is 10.0 Å². The van der Waals surface area contributed by atoms with Gasteiger partial charge in [-0.2, -0.15) is 0 Å². The summed E-state index contributed by atoms with van der Waals surface area (Å²) in [6.45, 7) is 1.87. The van der Waals surface area contributed by atoms with Crippen LogP contribution >= 0.6 is 0 Å². The molecule has 0 aromatic heterocycles. The highest BCUT2D eigenvalue weighted by Gasteiger charge is 2.16. The molecule has 146 valence electrons. The average Bonchev–Trinajstić information content (AvgIpc) is 2.66. The number of ether oxygens (including phenoxy) is 2. The molecule has 1 atom stereocenters. The van der Waals surface area contributed by atoms with E-state index in [2.05, 4.69) is 5.32 Å². The third-order valence-corrected chi connectivity index (χ3v) is 5.45. The van der Waals surface area contributed by atoms with Crippen molar-refractivity contribution in [2.45, 2.75) is 13.0 Å². The predicted octanol–water partition coefficient (Wildman–Crippen LogP) is 2.59. The van der Waals surface area contributed by atoms with Crippen molar-refractivity contribution in [3.63, 3.8) is 0 Å². The molecule has 27 heavy (non-hydrogen) atoms. The van der Waals surface area contributed by atoms with Gasteiger partial charge < -0.3 is 14.8 Å². The summed E-state index contributed by atoms with van der Waals surface area (Å²) in [7, 11) is 1.23. The van der Waals surface area contributed by atoms with Gasteiger partial charge in [0.25, 0.3) is 5.91 Å². The Morgan fingerprint density at radius 3 is 2.15 bits per heavy atom. The molecule has 2 aromatic rings. The van der Waals surface area contributed by atoms with E-state index in [0.29, 0.717) is 22.7 Å². The Bertz CT molecular complexity index is 910. The quantitative estimate of drug-likeness (QED) is 0.783. The first-order valence-corrected chi connectivity index (χ1v) is 10.1. The van der Waals surface area contributed by atoms with Crippen LogP contribution in [-0.2, 0) is 10.0 Å². The van der Waals surface area contributed by atoms with E-state index < -0.39 is 10.0 Å². The molecule has 0 fully saturated rings. The van der Waals surface area contributed by atoms with Crippen LogP contribution in [0, 0.1) is 0 Å². The number of amides is 1. The number of anilines is 1. The van der Waals surface area contributed by atoms with E-state index in [4.69, 9.17) is 9.47 Å². The van der Waals surface area contributed by atoms with Gasteiger partial charge in [-0.1, -0.05) is 6.07 Å². The summed E-state index contributed by atoms with van der Waals surface area (Å²) in [6.07, 6.45) is 1.12. The monoisotopic (exact) mass is 392 g/mol. The second-order valence-electron chi connectivity index (χ2n) is 6.09. The van der Waals surface area contributed by atoms with Gasteiger partial charge in [-0.15, -0.1) is 0 Å². The lowest BCUT2D eigenvalue weighted by Crippen LogP contribution is -2.27. The normalized spacial score (nSPS) is 12.2. The zero-order valence-electron chi connectivity index (χ0n) is 16.0. The summed E-state index contributed by atoms with van der Waals surface area (Å²) in [5.74, 6) is 0.945. The largest absolute Gasteiger partial charge is 0.493 e. The Labute approximate surface area is 160 Å². The molecule has 2 aromatic carbocycles. The first kappa shape index (κ1) is 20.6. The second kappa shape index (κ2) is 8.30. The van der Waals surface area contributed by atoms with Crippen LogP contribution in [0.3, 0.4) is 0 Å². The van der Waals surface area contributed by atoms with Gasteiger partial charge in [-0.3, -0.25) is 9.10 Å². The van der Waals surface area contributed by atoms with Crippen molar-refractivity contribution in [2.75, 3.05) is 31.8 Å². The summed E-state index contributed by atoms with van der Waals surface area (Å²) in [5.41, 5.74) is 1.80. The molecular formula is C19H24N2O5S. The number of rotatable bonds is 7. The molecule has 0 bridgehead atoms. The van der Waals surface area contributed by atoms with Crippen LogP contribution in [0.2, 0.25) is 0 Å². The average molecular weight is 392 g/mol. The van der Waals surface area contributed by atoms with Crippen molar-refractivity contribution in [2.24, 2.45) is 0 Å². The van der Waals surface area contributed by atoms with Gasteiger partial charge in [0.1, 0.15) is 0 Å². The number of carbonyl (C=O) groups is 1. The molecule has 1 N–H and O–H groups in total. The molecule has 0 spiro atoms. The van der Waals surface area contributed by atoms with Crippen molar-refractivity contribution in [3.8, 4) is 11.5 Å². The zero-order chi connectivity index (χ0) is 20.2. The summed E-state index contributed by atoms with van der Waals surface area (Å²) in [5, 5.41) is 2.91. The fourth-order valence-electron chi connectivity index (χ4n) is 2.50. The number of benzene rings is 2. The van der Waals surface area contributed by atoms with Crippen LogP contribution in [0.4, 0.5) is 5.69 Å². The van der Waals surface area contributed by atoms with Crippen LogP contribution in [0.5, 0.6) is 11.5 Å². The molecule has 0 heterocycles. The second-order valence-corrected chi connectivity index (χ2v) is 8.10. The molecule has 0 saturated heterocycles. The molecule has 7 nitrogen and oxygen atoms in total. The van der Waals surface area contributed by atoms with Crippen LogP contribution in [0.1, 0.15) is 28.9 Å². The Hall–Kier alpha value is -2.74. The van der Waals surface area contributed by atoms with Gasteiger partial charge in [-0.25, -0.2) is 8.42 Å². The van der Waals surface area contributed by atoms with Crippen LogP contribution in [-0.4, -0.2) is 41.8 Å². The lowest BCUT2D eigenvalue weighted by molar-refractivity contribution is 0.0940. The fourth-order valence-corrected chi connectivity index (χ4v) is 3.00. The SMILES string of the molecule is COc1ccc([C@@H](C)NC(=O)c2ccc(N(C)S(C)(=O)=O)cc2)cc1OC. The highest BCUT2D eigenvalue weighted by Crippen LogP contribution is 2.30. The highest BCUT2D eigenvalue weighted by atomic mass is 32.2. The Morgan fingerprint density at radius 2 is 1.63 bits per heavy atom. The lowest BCUT2D eigenvalue weighted by atomic mass is 10.1. The lowest BCUT2D eigenvalue weighted by Gasteiger charge is -2.18. The van der Waals surface area contributed by atoms with E-state index in [9.17, 15) is 13.2 Å². The number of methoxy groups -OCH3 is 2. The number of nitrogens with zero attached hydrogens (tertiary/aromatic N) is 1. The Balaban J connectivity index is 2.12. The number of nitrogens with one attached hydrogen (secondary N) is 1.